The number of halogens is 1. The van der Waals surface area contributed by atoms with Gasteiger partial charge in [0.2, 0.25) is 5.88 Å². The molecule has 1 heterocycles. The summed E-state index contributed by atoms with van der Waals surface area (Å²) >= 11 is 5.91. The molecule has 5 heteroatoms. The van der Waals surface area contributed by atoms with E-state index in [9.17, 15) is 5.11 Å². The minimum Gasteiger partial charge on any atom is -0.506 e. The first-order chi connectivity index (χ1) is 10.1. The SMILES string of the molecule is CN(C)CCCOc1ccc(-c2ccc(O)c(Cl)c2)cn1. The van der Waals surface area contributed by atoms with Crippen LogP contribution in [-0.2, 0) is 0 Å². The lowest BCUT2D eigenvalue weighted by molar-refractivity contribution is 0.273. The summed E-state index contributed by atoms with van der Waals surface area (Å²) < 4.78 is 5.59. The van der Waals surface area contributed by atoms with Crippen molar-refractivity contribution in [2.75, 3.05) is 27.2 Å². The molecule has 1 aromatic carbocycles. The second kappa shape index (κ2) is 7.29. The van der Waals surface area contributed by atoms with Crippen LogP contribution in [0.3, 0.4) is 0 Å². The average Bonchev–Trinajstić information content (AvgIpc) is 2.47. The zero-order valence-electron chi connectivity index (χ0n) is 12.2. The third kappa shape index (κ3) is 4.62. The van der Waals surface area contributed by atoms with Crippen LogP contribution in [-0.4, -0.2) is 42.2 Å². The predicted octanol–water partition coefficient (Wildman–Crippen LogP) is 3.44. The molecule has 0 spiro atoms. The minimum absolute atomic E-state index is 0.0780. The summed E-state index contributed by atoms with van der Waals surface area (Å²) in [5.74, 6) is 0.691. The number of ether oxygens (including phenoxy) is 1. The number of aromatic hydroxyl groups is 1. The van der Waals surface area contributed by atoms with Crippen LogP contribution in [0.25, 0.3) is 11.1 Å². The predicted molar refractivity (Wildman–Crippen MR) is 85.0 cm³/mol. The average molecular weight is 307 g/mol. The maximum absolute atomic E-state index is 9.42. The normalized spacial score (nSPS) is 10.9. The highest BCUT2D eigenvalue weighted by molar-refractivity contribution is 6.32. The summed E-state index contributed by atoms with van der Waals surface area (Å²) in [6.45, 7) is 1.64. The molecule has 0 aliphatic heterocycles. The molecule has 0 fully saturated rings. The van der Waals surface area contributed by atoms with Gasteiger partial charge in [-0.3, -0.25) is 0 Å². The topological polar surface area (TPSA) is 45.6 Å². The molecule has 0 aliphatic carbocycles. The minimum atomic E-state index is 0.0780. The zero-order valence-corrected chi connectivity index (χ0v) is 13.0. The molecule has 0 bridgehead atoms. The van der Waals surface area contributed by atoms with Gasteiger partial charge < -0.3 is 14.7 Å². The van der Waals surface area contributed by atoms with Gasteiger partial charge in [0.1, 0.15) is 5.75 Å². The second-order valence-electron chi connectivity index (χ2n) is 5.06. The third-order valence-electron chi connectivity index (χ3n) is 3.02. The lowest BCUT2D eigenvalue weighted by atomic mass is 10.1. The Bertz CT molecular complexity index is 585. The molecule has 4 nitrogen and oxygen atoms in total. The van der Waals surface area contributed by atoms with E-state index in [0.717, 1.165) is 24.1 Å². The quantitative estimate of drug-likeness (QED) is 0.830. The molecule has 1 N–H and O–H groups in total. The Morgan fingerprint density at radius 3 is 2.57 bits per heavy atom. The van der Waals surface area contributed by atoms with Gasteiger partial charge in [0.05, 0.1) is 11.6 Å². The van der Waals surface area contributed by atoms with Crippen LogP contribution in [0.5, 0.6) is 11.6 Å². The van der Waals surface area contributed by atoms with Gasteiger partial charge in [0.15, 0.2) is 0 Å². The van der Waals surface area contributed by atoms with Crippen molar-refractivity contribution in [3.05, 3.63) is 41.6 Å². The van der Waals surface area contributed by atoms with E-state index in [1.54, 1.807) is 24.4 Å². The lowest BCUT2D eigenvalue weighted by Crippen LogP contribution is -2.15. The van der Waals surface area contributed by atoms with E-state index >= 15 is 0 Å². The highest BCUT2D eigenvalue weighted by Gasteiger charge is 2.04. The molecule has 0 saturated carbocycles. The summed E-state index contributed by atoms with van der Waals surface area (Å²) in [6.07, 6.45) is 2.70. The number of hydrogen-bond acceptors (Lipinski definition) is 4. The fraction of sp³-hybridized carbons (Fsp3) is 0.312. The van der Waals surface area contributed by atoms with E-state index in [0.29, 0.717) is 17.5 Å². The molecule has 0 saturated heterocycles. The van der Waals surface area contributed by atoms with Gasteiger partial charge >= 0.3 is 0 Å². The van der Waals surface area contributed by atoms with Gasteiger partial charge in [-0.2, -0.15) is 0 Å². The van der Waals surface area contributed by atoms with Crippen LogP contribution < -0.4 is 4.74 Å². The summed E-state index contributed by atoms with van der Waals surface area (Å²) in [7, 11) is 4.08. The molecule has 0 amide bonds. The summed E-state index contributed by atoms with van der Waals surface area (Å²) in [4.78, 5) is 6.40. The standard InChI is InChI=1S/C16H19ClN2O2/c1-19(2)8-3-9-21-16-7-5-13(11-18-16)12-4-6-15(20)14(17)10-12/h4-7,10-11,20H,3,8-9H2,1-2H3. The Morgan fingerprint density at radius 2 is 1.95 bits per heavy atom. The first-order valence-electron chi connectivity index (χ1n) is 6.79. The van der Waals surface area contributed by atoms with Crippen molar-refractivity contribution < 1.29 is 9.84 Å². The van der Waals surface area contributed by atoms with Crippen LogP contribution in [0.15, 0.2) is 36.5 Å². The molecular formula is C16H19ClN2O2. The summed E-state index contributed by atoms with van der Waals surface area (Å²) in [6, 6.07) is 8.85. The van der Waals surface area contributed by atoms with Crippen LogP contribution >= 0.6 is 11.6 Å². The van der Waals surface area contributed by atoms with Crippen molar-refractivity contribution >= 4 is 11.6 Å². The van der Waals surface area contributed by atoms with Gasteiger partial charge in [0, 0.05) is 24.4 Å². The number of pyridine rings is 1. The highest BCUT2D eigenvalue weighted by Crippen LogP contribution is 2.29. The number of benzene rings is 1. The number of hydrogen-bond donors (Lipinski definition) is 1. The van der Waals surface area contributed by atoms with Crippen molar-refractivity contribution in [2.45, 2.75) is 6.42 Å². The van der Waals surface area contributed by atoms with Gasteiger partial charge in [-0.25, -0.2) is 4.98 Å². The number of phenols is 1. The van der Waals surface area contributed by atoms with Gasteiger partial charge in [-0.15, -0.1) is 0 Å². The first-order valence-corrected chi connectivity index (χ1v) is 7.16. The van der Waals surface area contributed by atoms with E-state index in [2.05, 4.69) is 9.88 Å². The zero-order chi connectivity index (χ0) is 15.2. The Morgan fingerprint density at radius 1 is 1.19 bits per heavy atom. The van der Waals surface area contributed by atoms with Gasteiger partial charge in [-0.05, 0) is 44.3 Å². The second-order valence-corrected chi connectivity index (χ2v) is 5.46. The van der Waals surface area contributed by atoms with E-state index in [4.69, 9.17) is 16.3 Å². The maximum atomic E-state index is 9.42. The monoisotopic (exact) mass is 306 g/mol. The Balaban J connectivity index is 1.96. The number of rotatable bonds is 6. The van der Waals surface area contributed by atoms with Crippen molar-refractivity contribution in [3.8, 4) is 22.8 Å². The van der Waals surface area contributed by atoms with Crippen LogP contribution in [0.4, 0.5) is 0 Å². The van der Waals surface area contributed by atoms with E-state index in [-0.39, 0.29) is 5.75 Å². The lowest BCUT2D eigenvalue weighted by Gasteiger charge is -2.10. The molecule has 0 radical (unpaired) electrons. The third-order valence-corrected chi connectivity index (χ3v) is 3.32. The molecule has 1 aromatic heterocycles. The number of phenolic OH excluding ortho intramolecular Hbond substituents is 1. The van der Waals surface area contributed by atoms with Crippen LogP contribution in [0.2, 0.25) is 5.02 Å². The maximum Gasteiger partial charge on any atom is 0.213 e. The number of aromatic nitrogens is 1. The van der Waals surface area contributed by atoms with Crippen molar-refractivity contribution in [3.63, 3.8) is 0 Å². The van der Waals surface area contributed by atoms with Crippen molar-refractivity contribution in [1.29, 1.82) is 0 Å². The summed E-state index contributed by atoms with van der Waals surface area (Å²) in [5, 5.41) is 9.75. The van der Waals surface area contributed by atoms with E-state index < -0.39 is 0 Å². The fourth-order valence-electron chi connectivity index (χ4n) is 1.88. The molecule has 0 aliphatic rings. The molecule has 0 atom stereocenters. The molecule has 2 aromatic rings. The molecule has 112 valence electrons. The Kier molecular flexibility index (Phi) is 5.42. The highest BCUT2D eigenvalue weighted by atomic mass is 35.5. The Labute approximate surface area is 130 Å². The fourth-order valence-corrected chi connectivity index (χ4v) is 2.06. The molecule has 2 rings (SSSR count). The van der Waals surface area contributed by atoms with Crippen molar-refractivity contribution in [1.82, 2.24) is 9.88 Å². The Hall–Kier alpha value is -1.78. The smallest absolute Gasteiger partial charge is 0.213 e. The van der Waals surface area contributed by atoms with Crippen LogP contribution in [0, 0.1) is 0 Å². The largest absolute Gasteiger partial charge is 0.506 e. The van der Waals surface area contributed by atoms with E-state index in [1.165, 1.54) is 0 Å². The summed E-state index contributed by atoms with van der Waals surface area (Å²) in [5.41, 5.74) is 1.84. The van der Waals surface area contributed by atoms with E-state index in [1.807, 2.05) is 26.2 Å². The molecule has 0 unspecified atom stereocenters. The van der Waals surface area contributed by atoms with Gasteiger partial charge in [0.25, 0.3) is 0 Å². The van der Waals surface area contributed by atoms with Crippen LogP contribution in [0.1, 0.15) is 6.42 Å². The number of nitrogens with zero attached hydrogens (tertiary/aromatic N) is 2. The van der Waals surface area contributed by atoms with Crippen molar-refractivity contribution in [2.24, 2.45) is 0 Å². The molecular weight excluding hydrogens is 288 g/mol. The molecule has 21 heavy (non-hydrogen) atoms. The van der Waals surface area contributed by atoms with Gasteiger partial charge in [-0.1, -0.05) is 17.7 Å². The first kappa shape index (κ1) is 15.6.